The fourth-order valence-electron chi connectivity index (χ4n) is 0.886. The fraction of sp³-hybridized carbons (Fsp3) is 1.00. The van der Waals surface area contributed by atoms with Crippen LogP contribution in [0.3, 0.4) is 0 Å². The zero-order valence-electron chi connectivity index (χ0n) is 6.88. The molecule has 0 aliphatic carbocycles. The fourth-order valence-corrected chi connectivity index (χ4v) is 1.27. The molecular formula is C8H15F2I. The standard InChI is InChI=1S/C8H15F2I/c1-2-3-5-8(9,10)6-4-7-11/h2-7H2,1H3. The second kappa shape index (κ2) is 6.14. The zero-order chi connectivity index (χ0) is 8.74. The highest BCUT2D eigenvalue weighted by Crippen LogP contribution is 2.26. The van der Waals surface area contributed by atoms with E-state index in [4.69, 9.17) is 0 Å². The largest absolute Gasteiger partial charge is 0.248 e. The van der Waals surface area contributed by atoms with Crippen LogP contribution in [0, 0.1) is 0 Å². The maximum absolute atomic E-state index is 12.8. The van der Waals surface area contributed by atoms with Crippen LogP contribution in [0.2, 0.25) is 0 Å². The summed E-state index contributed by atoms with van der Waals surface area (Å²) in [7, 11) is 0. The van der Waals surface area contributed by atoms with Gasteiger partial charge in [-0.15, -0.1) is 0 Å². The van der Waals surface area contributed by atoms with E-state index in [9.17, 15) is 8.78 Å². The molecule has 0 aromatic carbocycles. The van der Waals surface area contributed by atoms with Crippen LogP contribution in [0.15, 0.2) is 0 Å². The third-order valence-electron chi connectivity index (χ3n) is 1.57. The van der Waals surface area contributed by atoms with Crippen LogP contribution >= 0.6 is 22.6 Å². The Kier molecular flexibility index (Phi) is 6.47. The van der Waals surface area contributed by atoms with E-state index in [1.807, 2.05) is 6.92 Å². The minimum Gasteiger partial charge on any atom is -0.207 e. The zero-order valence-corrected chi connectivity index (χ0v) is 9.03. The van der Waals surface area contributed by atoms with Gasteiger partial charge in [0.2, 0.25) is 5.92 Å². The monoisotopic (exact) mass is 276 g/mol. The molecule has 0 aromatic rings. The smallest absolute Gasteiger partial charge is 0.207 e. The lowest BCUT2D eigenvalue weighted by atomic mass is 10.1. The predicted octanol–water partition coefficient (Wildman–Crippen LogP) is 4.03. The van der Waals surface area contributed by atoms with Crippen LogP contribution in [0.5, 0.6) is 0 Å². The Morgan fingerprint density at radius 2 is 1.73 bits per heavy atom. The molecule has 0 nitrogen and oxygen atoms in total. The van der Waals surface area contributed by atoms with Crippen molar-refractivity contribution in [1.82, 2.24) is 0 Å². The van der Waals surface area contributed by atoms with E-state index >= 15 is 0 Å². The lowest BCUT2D eigenvalue weighted by molar-refractivity contribution is -0.0181. The molecule has 0 spiro atoms. The average molecular weight is 276 g/mol. The molecule has 0 atom stereocenters. The van der Waals surface area contributed by atoms with Gasteiger partial charge in [-0.2, -0.15) is 0 Å². The highest BCUT2D eigenvalue weighted by Gasteiger charge is 2.26. The Bertz CT molecular complexity index is 84.1. The van der Waals surface area contributed by atoms with Crippen LogP contribution in [0.1, 0.15) is 39.0 Å². The van der Waals surface area contributed by atoms with Crippen molar-refractivity contribution in [2.24, 2.45) is 0 Å². The lowest BCUT2D eigenvalue weighted by Gasteiger charge is -2.14. The molecule has 68 valence electrons. The molecule has 0 radical (unpaired) electrons. The van der Waals surface area contributed by atoms with Gasteiger partial charge < -0.3 is 0 Å². The summed E-state index contributed by atoms with van der Waals surface area (Å²) in [5.41, 5.74) is 0. The number of rotatable bonds is 6. The van der Waals surface area contributed by atoms with Crippen LogP contribution < -0.4 is 0 Å². The molecule has 0 aliphatic heterocycles. The molecule has 0 unspecified atom stereocenters. The molecule has 0 heterocycles. The number of unbranched alkanes of at least 4 members (excludes halogenated alkanes) is 1. The minimum atomic E-state index is -2.40. The maximum atomic E-state index is 12.8. The van der Waals surface area contributed by atoms with Crippen molar-refractivity contribution in [1.29, 1.82) is 0 Å². The number of halogens is 3. The molecule has 0 fully saturated rings. The van der Waals surface area contributed by atoms with Gasteiger partial charge in [-0.05, 0) is 17.3 Å². The van der Waals surface area contributed by atoms with Gasteiger partial charge in [0.25, 0.3) is 0 Å². The Hall–Kier alpha value is 0.590. The van der Waals surface area contributed by atoms with Gasteiger partial charge in [-0.3, -0.25) is 0 Å². The van der Waals surface area contributed by atoms with Crippen molar-refractivity contribution in [3.8, 4) is 0 Å². The molecular weight excluding hydrogens is 261 g/mol. The summed E-state index contributed by atoms with van der Waals surface area (Å²) in [6.45, 7) is 1.94. The molecule has 0 amide bonds. The lowest BCUT2D eigenvalue weighted by Crippen LogP contribution is -2.15. The number of hydrogen-bond acceptors (Lipinski definition) is 0. The first-order chi connectivity index (χ1) is 5.12. The molecule has 0 aromatic heterocycles. The van der Waals surface area contributed by atoms with Crippen LogP contribution in [-0.4, -0.2) is 10.4 Å². The molecule has 3 heteroatoms. The number of alkyl halides is 3. The number of hydrogen-bond donors (Lipinski definition) is 0. The molecule has 0 saturated carbocycles. The van der Waals surface area contributed by atoms with Gasteiger partial charge in [0, 0.05) is 12.8 Å². The van der Waals surface area contributed by atoms with Crippen molar-refractivity contribution in [3.05, 3.63) is 0 Å². The van der Waals surface area contributed by atoms with Gasteiger partial charge in [0.1, 0.15) is 0 Å². The highest BCUT2D eigenvalue weighted by molar-refractivity contribution is 14.1. The highest BCUT2D eigenvalue weighted by atomic mass is 127. The molecule has 0 rings (SSSR count). The van der Waals surface area contributed by atoms with Crippen molar-refractivity contribution < 1.29 is 8.78 Å². The molecule has 0 saturated heterocycles. The summed E-state index contributed by atoms with van der Waals surface area (Å²) in [6, 6.07) is 0. The minimum absolute atomic E-state index is 0.0654. The van der Waals surface area contributed by atoms with Gasteiger partial charge in [-0.25, -0.2) is 8.78 Å². The summed E-state index contributed by atoms with van der Waals surface area (Å²) in [4.78, 5) is 0. The maximum Gasteiger partial charge on any atom is 0.248 e. The van der Waals surface area contributed by atoms with Crippen molar-refractivity contribution in [3.63, 3.8) is 0 Å². The summed E-state index contributed by atoms with van der Waals surface area (Å²) < 4.78 is 26.4. The third kappa shape index (κ3) is 6.97. The van der Waals surface area contributed by atoms with E-state index in [1.54, 1.807) is 0 Å². The first-order valence-electron chi connectivity index (χ1n) is 4.06. The Morgan fingerprint density at radius 1 is 1.18 bits per heavy atom. The normalized spacial score (nSPS) is 12.0. The van der Waals surface area contributed by atoms with Gasteiger partial charge in [0.05, 0.1) is 0 Å². The summed E-state index contributed by atoms with van der Waals surface area (Å²) in [6.07, 6.45) is 2.28. The molecule has 0 N–H and O–H groups in total. The van der Waals surface area contributed by atoms with Crippen molar-refractivity contribution in [2.75, 3.05) is 4.43 Å². The Labute approximate surface area is 80.9 Å². The van der Waals surface area contributed by atoms with E-state index in [0.717, 1.165) is 10.8 Å². The van der Waals surface area contributed by atoms with E-state index in [1.165, 1.54) is 0 Å². The quantitative estimate of drug-likeness (QED) is 0.507. The van der Waals surface area contributed by atoms with E-state index in [0.29, 0.717) is 12.8 Å². The SMILES string of the molecule is CCCCC(F)(F)CCCI. The average Bonchev–Trinajstić information content (AvgIpc) is 1.97. The third-order valence-corrected chi connectivity index (χ3v) is 2.34. The second-order valence-electron chi connectivity index (χ2n) is 2.75. The van der Waals surface area contributed by atoms with E-state index in [2.05, 4.69) is 22.6 Å². The van der Waals surface area contributed by atoms with Crippen LogP contribution in [-0.2, 0) is 0 Å². The first-order valence-corrected chi connectivity index (χ1v) is 5.59. The van der Waals surface area contributed by atoms with Gasteiger partial charge in [-0.1, -0.05) is 35.9 Å². The molecule has 0 aliphatic rings. The predicted molar refractivity (Wildman–Crippen MR) is 52.6 cm³/mol. The molecule has 11 heavy (non-hydrogen) atoms. The summed E-state index contributed by atoms with van der Waals surface area (Å²) >= 11 is 2.13. The first kappa shape index (κ1) is 11.6. The Balaban J connectivity index is 3.43. The van der Waals surface area contributed by atoms with E-state index < -0.39 is 5.92 Å². The van der Waals surface area contributed by atoms with Gasteiger partial charge in [0.15, 0.2) is 0 Å². The van der Waals surface area contributed by atoms with Crippen molar-refractivity contribution >= 4 is 22.6 Å². The summed E-state index contributed by atoms with van der Waals surface area (Å²) in [5.74, 6) is -2.40. The summed E-state index contributed by atoms with van der Waals surface area (Å²) in [5, 5.41) is 0. The van der Waals surface area contributed by atoms with Gasteiger partial charge >= 0.3 is 0 Å². The van der Waals surface area contributed by atoms with Crippen LogP contribution in [0.25, 0.3) is 0 Å². The van der Waals surface area contributed by atoms with Crippen molar-refractivity contribution in [2.45, 2.75) is 45.0 Å². The molecule has 0 bridgehead atoms. The van der Waals surface area contributed by atoms with Crippen LogP contribution in [0.4, 0.5) is 8.78 Å². The topological polar surface area (TPSA) is 0 Å². The van der Waals surface area contributed by atoms with E-state index in [-0.39, 0.29) is 12.8 Å². The second-order valence-corrected chi connectivity index (χ2v) is 3.83. The Morgan fingerprint density at radius 3 is 2.18 bits per heavy atom.